The van der Waals surface area contributed by atoms with Gasteiger partial charge in [-0.1, -0.05) is 13.8 Å². The summed E-state index contributed by atoms with van der Waals surface area (Å²) in [5.41, 5.74) is 2.24. The van der Waals surface area contributed by atoms with Crippen molar-refractivity contribution in [1.29, 1.82) is 0 Å². The number of nitrogens with zero attached hydrogens (tertiary/aromatic N) is 2. The largest absolute Gasteiger partial charge is 0.383 e. The number of hydrogen-bond donors (Lipinski definition) is 1. The summed E-state index contributed by atoms with van der Waals surface area (Å²) < 4.78 is 5.19. The van der Waals surface area contributed by atoms with Gasteiger partial charge in [0.1, 0.15) is 0 Å². The predicted octanol–water partition coefficient (Wildman–Crippen LogP) is 2.05. The van der Waals surface area contributed by atoms with Gasteiger partial charge in [-0.25, -0.2) is 0 Å². The van der Waals surface area contributed by atoms with Crippen molar-refractivity contribution >= 4 is 5.69 Å². The van der Waals surface area contributed by atoms with Crippen LogP contribution in [-0.4, -0.2) is 37.8 Å². The smallest absolute Gasteiger partial charge is 0.0663 e. The maximum Gasteiger partial charge on any atom is 0.0663 e. The van der Waals surface area contributed by atoms with E-state index in [0.29, 0.717) is 12.1 Å². The highest BCUT2D eigenvalue weighted by molar-refractivity contribution is 5.46. The van der Waals surface area contributed by atoms with E-state index in [2.05, 4.69) is 49.1 Å². The van der Waals surface area contributed by atoms with Gasteiger partial charge in [0.15, 0.2) is 0 Å². The van der Waals surface area contributed by atoms with Crippen molar-refractivity contribution in [3.8, 4) is 0 Å². The van der Waals surface area contributed by atoms with E-state index in [1.165, 1.54) is 5.69 Å². The number of pyridine rings is 1. The van der Waals surface area contributed by atoms with Crippen LogP contribution in [0.15, 0.2) is 18.3 Å². The summed E-state index contributed by atoms with van der Waals surface area (Å²) in [5, 5.41) is 3.38. The van der Waals surface area contributed by atoms with Gasteiger partial charge < -0.3 is 15.0 Å². The lowest BCUT2D eigenvalue weighted by Crippen LogP contribution is -2.32. The first-order chi connectivity index (χ1) is 8.54. The van der Waals surface area contributed by atoms with Crippen LogP contribution in [0.4, 0.5) is 5.69 Å². The maximum absolute atomic E-state index is 5.19. The minimum Gasteiger partial charge on any atom is -0.383 e. The number of ether oxygens (including phenoxy) is 1. The van der Waals surface area contributed by atoms with E-state index in [-0.39, 0.29) is 0 Å². The van der Waals surface area contributed by atoms with Crippen LogP contribution >= 0.6 is 0 Å². The zero-order valence-electron chi connectivity index (χ0n) is 12.1. The average molecular weight is 251 g/mol. The number of aromatic nitrogens is 1. The van der Waals surface area contributed by atoms with Crippen LogP contribution in [0.25, 0.3) is 0 Å². The van der Waals surface area contributed by atoms with Gasteiger partial charge in [-0.2, -0.15) is 0 Å². The normalized spacial score (nSPS) is 12.8. The molecule has 1 rings (SSSR count). The van der Waals surface area contributed by atoms with E-state index in [0.717, 1.165) is 18.8 Å². The monoisotopic (exact) mass is 251 g/mol. The van der Waals surface area contributed by atoms with Crippen LogP contribution in [0.5, 0.6) is 0 Å². The van der Waals surface area contributed by atoms with Crippen molar-refractivity contribution in [2.75, 3.05) is 25.7 Å². The average Bonchev–Trinajstić information content (AvgIpc) is 2.36. The van der Waals surface area contributed by atoms with E-state index in [1.807, 2.05) is 12.3 Å². The Hall–Kier alpha value is -1.13. The molecule has 0 spiro atoms. The number of likely N-dealkylation sites (N-methyl/N-ethyl adjacent to an activating group) is 1. The first-order valence-corrected chi connectivity index (χ1v) is 6.44. The fourth-order valence-electron chi connectivity index (χ4n) is 1.70. The van der Waals surface area contributed by atoms with E-state index in [9.17, 15) is 0 Å². The molecule has 4 heteroatoms. The molecule has 1 unspecified atom stereocenters. The van der Waals surface area contributed by atoms with Crippen molar-refractivity contribution in [2.24, 2.45) is 0 Å². The van der Waals surface area contributed by atoms with Crippen LogP contribution in [-0.2, 0) is 11.3 Å². The molecule has 0 fully saturated rings. The third kappa shape index (κ3) is 4.63. The maximum atomic E-state index is 5.19. The Morgan fingerprint density at radius 3 is 2.72 bits per heavy atom. The number of nitrogens with one attached hydrogen (secondary N) is 1. The predicted molar refractivity (Wildman–Crippen MR) is 76.0 cm³/mol. The van der Waals surface area contributed by atoms with Gasteiger partial charge in [-0.05, 0) is 19.1 Å². The van der Waals surface area contributed by atoms with Gasteiger partial charge in [0.2, 0.25) is 0 Å². The summed E-state index contributed by atoms with van der Waals surface area (Å²) in [6, 6.07) is 4.98. The van der Waals surface area contributed by atoms with E-state index >= 15 is 0 Å². The van der Waals surface area contributed by atoms with Gasteiger partial charge in [-0.3, -0.25) is 4.98 Å². The molecule has 0 amide bonds. The molecule has 1 N–H and O–H groups in total. The highest BCUT2D eigenvalue weighted by atomic mass is 16.5. The Morgan fingerprint density at radius 1 is 1.39 bits per heavy atom. The molecule has 1 atom stereocenters. The van der Waals surface area contributed by atoms with E-state index in [4.69, 9.17) is 4.74 Å². The van der Waals surface area contributed by atoms with Crippen molar-refractivity contribution < 1.29 is 4.74 Å². The van der Waals surface area contributed by atoms with Gasteiger partial charge >= 0.3 is 0 Å². The molecular formula is C14H25N3O. The molecule has 18 heavy (non-hydrogen) atoms. The number of rotatable bonds is 7. The molecule has 0 saturated heterocycles. The van der Waals surface area contributed by atoms with Crippen LogP contribution in [0.2, 0.25) is 0 Å². The lowest BCUT2D eigenvalue weighted by atomic mass is 10.2. The van der Waals surface area contributed by atoms with Crippen molar-refractivity contribution in [2.45, 2.75) is 39.4 Å². The third-order valence-electron chi connectivity index (χ3n) is 2.97. The molecule has 1 aromatic heterocycles. The second-order valence-electron chi connectivity index (χ2n) is 4.96. The van der Waals surface area contributed by atoms with Crippen LogP contribution in [0, 0.1) is 0 Å². The minimum atomic E-state index is 0.350. The molecule has 0 aliphatic rings. The summed E-state index contributed by atoms with van der Waals surface area (Å²) >= 11 is 0. The van der Waals surface area contributed by atoms with Crippen molar-refractivity contribution in [1.82, 2.24) is 10.3 Å². The fourth-order valence-corrected chi connectivity index (χ4v) is 1.70. The van der Waals surface area contributed by atoms with Crippen LogP contribution in [0.1, 0.15) is 26.5 Å². The Labute approximate surface area is 110 Å². The van der Waals surface area contributed by atoms with Crippen LogP contribution < -0.4 is 10.2 Å². The molecule has 1 aromatic rings. The molecular weight excluding hydrogens is 226 g/mol. The van der Waals surface area contributed by atoms with Gasteiger partial charge in [0.05, 0.1) is 12.3 Å². The zero-order chi connectivity index (χ0) is 13.5. The number of methoxy groups -OCH3 is 1. The first-order valence-electron chi connectivity index (χ1n) is 6.44. The highest BCUT2D eigenvalue weighted by Crippen LogP contribution is 2.15. The molecule has 1 heterocycles. The Kier molecular flexibility index (Phi) is 6.09. The van der Waals surface area contributed by atoms with Gasteiger partial charge in [-0.15, -0.1) is 0 Å². The molecule has 0 aliphatic heterocycles. The van der Waals surface area contributed by atoms with Gasteiger partial charge in [0, 0.05) is 44.7 Å². The second-order valence-corrected chi connectivity index (χ2v) is 4.96. The summed E-state index contributed by atoms with van der Waals surface area (Å²) in [6.45, 7) is 7.94. The first kappa shape index (κ1) is 14.9. The van der Waals surface area contributed by atoms with Crippen molar-refractivity contribution in [3.63, 3.8) is 0 Å². The molecule has 0 radical (unpaired) electrons. The zero-order valence-corrected chi connectivity index (χ0v) is 12.1. The Balaban J connectivity index is 2.68. The quantitative estimate of drug-likeness (QED) is 0.805. The summed E-state index contributed by atoms with van der Waals surface area (Å²) in [4.78, 5) is 6.59. The molecule has 0 aromatic carbocycles. The number of hydrogen-bond acceptors (Lipinski definition) is 4. The van der Waals surface area contributed by atoms with E-state index in [1.54, 1.807) is 7.11 Å². The Morgan fingerprint density at radius 2 is 2.11 bits per heavy atom. The minimum absolute atomic E-state index is 0.350. The van der Waals surface area contributed by atoms with Crippen molar-refractivity contribution in [3.05, 3.63) is 24.0 Å². The lowest BCUT2D eigenvalue weighted by molar-refractivity contribution is 0.183. The molecule has 0 bridgehead atoms. The third-order valence-corrected chi connectivity index (χ3v) is 2.97. The fraction of sp³-hybridized carbons (Fsp3) is 0.643. The van der Waals surface area contributed by atoms with Gasteiger partial charge in [0.25, 0.3) is 0 Å². The summed E-state index contributed by atoms with van der Waals surface area (Å²) in [7, 11) is 3.81. The molecule has 0 aliphatic carbocycles. The lowest BCUT2D eigenvalue weighted by Gasteiger charge is -2.26. The highest BCUT2D eigenvalue weighted by Gasteiger charge is 2.10. The van der Waals surface area contributed by atoms with Crippen LogP contribution in [0.3, 0.4) is 0 Å². The Bertz CT molecular complexity index is 355. The standard InChI is InChI=1S/C14H25N3O/c1-11(2)16-9-13-8-14(6-7-15-13)17(4)12(3)10-18-5/h6-8,11-12,16H,9-10H2,1-5H3. The number of anilines is 1. The molecule has 0 saturated carbocycles. The molecule has 4 nitrogen and oxygen atoms in total. The topological polar surface area (TPSA) is 37.4 Å². The SMILES string of the molecule is COCC(C)N(C)c1ccnc(CNC(C)C)c1. The second kappa shape index (κ2) is 7.34. The van der Waals surface area contributed by atoms with E-state index < -0.39 is 0 Å². The summed E-state index contributed by atoms with van der Waals surface area (Å²) in [5.74, 6) is 0. The molecule has 102 valence electrons. The summed E-state index contributed by atoms with van der Waals surface area (Å²) in [6.07, 6.45) is 1.86.